The Kier molecular flexibility index (Phi) is 4.50. The molecule has 1 aromatic carbocycles. The minimum Gasteiger partial charge on any atom is -0.478 e. The number of hydrogen-bond donors (Lipinski definition) is 2. The zero-order valence-electron chi connectivity index (χ0n) is 12.7. The monoisotopic (exact) mass is 290 g/mol. The van der Waals surface area contributed by atoms with Gasteiger partial charge in [-0.1, -0.05) is 26.0 Å². The van der Waals surface area contributed by atoms with Gasteiger partial charge in [0.1, 0.15) is 0 Å². The van der Waals surface area contributed by atoms with Crippen LogP contribution in [0.2, 0.25) is 0 Å². The third-order valence-corrected chi connectivity index (χ3v) is 4.26. The number of urea groups is 1. The summed E-state index contributed by atoms with van der Waals surface area (Å²) in [6.45, 7) is 7.02. The highest BCUT2D eigenvalue weighted by Crippen LogP contribution is 2.27. The number of aromatic carboxylic acids is 1. The summed E-state index contributed by atoms with van der Waals surface area (Å²) in [6.07, 6.45) is 1.11. The highest BCUT2D eigenvalue weighted by Gasteiger charge is 2.32. The molecule has 0 bridgehead atoms. The predicted octanol–water partition coefficient (Wildman–Crippen LogP) is 3.28. The van der Waals surface area contributed by atoms with Crippen LogP contribution < -0.4 is 5.32 Å². The van der Waals surface area contributed by atoms with Crippen LogP contribution in [0.15, 0.2) is 24.3 Å². The Morgan fingerprint density at radius 1 is 1.24 bits per heavy atom. The topological polar surface area (TPSA) is 69.6 Å². The highest BCUT2D eigenvalue weighted by atomic mass is 16.4. The smallest absolute Gasteiger partial charge is 0.337 e. The first kappa shape index (κ1) is 15.4. The van der Waals surface area contributed by atoms with E-state index in [1.807, 2.05) is 6.92 Å². The molecule has 5 nitrogen and oxygen atoms in total. The lowest BCUT2D eigenvalue weighted by atomic mass is 9.86. The van der Waals surface area contributed by atoms with E-state index in [2.05, 4.69) is 19.2 Å². The SMILES string of the molecule is CC1CC(C)C(C)N(C(=O)Nc2ccccc2C(=O)O)C1. The largest absolute Gasteiger partial charge is 0.478 e. The van der Waals surface area contributed by atoms with Crippen LogP contribution in [0.1, 0.15) is 37.6 Å². The second kappa shape index (κ2) is 6.16. The van der Waals surface area contributed by atoms with E-state index < -0.39 is 5.97 Å². The summed E-state index contributed by atoms with van der Waals surface area (Å²) in [6, 6.07) is 6.39. The molecular weight excluding hydrogens is 268 g/mol. The molecule has 1 aromatic rings. The normalized spacial score (nSPS) is 25.5. The van der Waals surface area contributed by atoms with E-state index in [1.165, 1.54) is 6.07 Å². The van der Waals surface area contributed by atoms with Gasteiger partial charge >= 0.3 is 12.0 Å². The van der Waals surface area contributed by atoms with Crippen molar-refractivity contribution in [2.45, 2.75) is 33.2 Å². The van der Waals surface area contributed by atoms with Gasteiger partial charge in [0.15, 0.2) is 0 Å². The predicted molar refractivity (Wildman–Crippen MR) is 81.5 cm³/mol. The van der Waals surface area contributed by atoms with Crippen LogP contribution in [-0.4, -0.2) is 34.6 Å². The third kappa shape index (κ3) is 3.35. The van der Waals surface area contributed by atoms with E-state index in [0.29, 0.717) is 24.1 Å². The zero-order chi connectivity index (χ0) is 15.6. The number of rotatable bonds is 2. The molecule has 2 amide bonds. The molecule has 0 aliphatic carbocycles. The molecule has 21 heavy (non-hydrogen) atoms. The number of nitrogens with one attached hydrogen (secondary N) is 1. The molecule has 2 N–H and O–H groups in total. The molecule has 5 heteroatoms. The average Bonchev–Trinajstić information content (AvgIpc) is 2.43. The lowest BCUT2D eigenvalue weighted by Crippen LogP contribution is -2.50. The summed E-state index contributed by atoms with van der Waals surface area (Å²) in [5.74, 6) is -0.148. The summed E-state index contributed by atoms with van der Waals surface area (Å²) in [7, 11) is 0. The van der Waals surface area contributed by atoms with Gasteiger partial charge in [-0.2, -0.15) is 0 Å². The number of anilines is 1. The van der Waals surface area contributed by atoms with E-state index >= 15 is 0 Å². The minimum atomic E-state index is -1.04. The molecule has 1 aliphatic heterocycles. The number of benzene rings is 1. The maximum atomic E-state index is 12.5. The van der Waals surface area contributed by atoms with Crippen molar-refractivity contribution in [1.29, 1.82) is 0 Å². The maximum absolute atomic E-state index is 12.5. The van der Waals surface area contributed by atoms with E-state index in [1.54, 1.807) is 23.1 Å². The van der Waals surface area contributed by atoms with Gasteiger partial charge in [0.05, 0.1) is 11.3 Å². The summed E-state index contributed by atoms with van der Waals surface area (Å²) in [4.78, 5) is 25.5. The van der Waals surface area contributed by atoms with E-state index in [0.717, 1.165) is 6.42 Å². The molecule has 114 valence electrons. The van der Waals surface area contributed by atoms with Crippen molar-refractivity contribution in [3.8, 4) is 0 Å². The number of carboxylic acids is 1. The number of hydrogen-bond acceptors (Lipinski definition) is 2. The summed E-state index contributed by atoms with van der Waals surface area (Å²) >= 11 is 0. The van der Waals surface area contributed by atoms with Crippen molar-refractivity contribution >= 4 is 17.7 Å². The van der Waals surface area contributed by atoms with Crippen molar-refractivity contribution in [2.24, 2.45) is 11.8 Å². The average molecular weight is 290 g/mol. The van der Waals surface area contributed by atoms with Gasteiger partial charge in [0.25, 0.3) is 0 Å². The fraction of sp³-hybridized carbons (Fsp3) is 0.500. The van der Waals surface area contributed by atoms with Gasteiger partial charge in [0, 0.05) is 12.6 Å². The minimum absolute atomic E-state index is 0.108. The molecule has 0 radical (unpaired) electrons. The number of amides is 2. The first-order valence-corrected chi connectivity index (χ1v) is 7.30. The molecule has 0 aromatic heterocycles. The van der Waals surface area contributed by atoms with Gasteiger partial charge < -0.3 is 15.3 Å². The number of piperidine rings is 1. The standard InChI is InChI=1S/C16H22N2O3/c1-10-8-11(2)12(3)18(9-10)16(21)17-14-7-5-4-6-13(14)15(19)20/h4-7,10-12H,8-9H2,1-3H3,(H,17,21)(H,19,20). The van der Waals surface area contributed by atoms with Gasteiger partial charge in [-0.15, -0.1) is 0 Å². The van der Waals surface area contributed by atoms with Crippen LogP contribution in [-0.2, 0) is 0 Å². The van der Waals surface area contributed by atoms with Crippen LogP contribution in [0.4, 0.5) is 10.5 Å². The molecule has 0 spiro atoms. The number of carbonyl (C=O) groups excluding carboxylic acids is 1. The highest BCUT2D eigenvalue weighted by molar-refractivity contribution is 6.00. The summed E-state index contributed by atoms with van der Waals surface area (Å²) in [5.41, 5.74) is 0.449. The molecule has 1 fully saturated rings. The van der Waals surface area contributed by atoms with E-state index in [9.17, 15) is 9.59 Å². The Labute approximate surface area is 125 Å². The van der Waals surface area contributed by atoms with Crippen molar-refractivity contribution < 1.29 is 14.7 Å². The summed E-state index contributed by atoms with van der Waals surface area (Å²) in [5, 5.41) is 11.9. The number of likely N-dealkylation sites (tertiary alicyclic amines) is 1. The first-order chi connectivity index (χ1) is 9.90. The van der Waals surface area contributed by atoms with Crippen LogP contribution in [0, 0.1) is 11.8 Å². The van der Waals surface area contributed by atoms with Crippen LogP contribution >= 0.6 is 0 Å². The maximum Gasteiger partial charge on any atom is 0.337 e. The second-order valence-corrected chi connectivity index (χ2v) is 5.99. The molecular formula is C16H22N2O3. The molecule has 1 aliphatic rings. The Bertz CT molecular complexity index is 544. The Morgan fingerprint density at radius 2 is 1.90 bits per heavy atom. The van der Waals surface area contributed by atoms with E-state index in [4.69, 9.17) is 5.11 Å². The number of carbonyl (C=O) groups is 2. The van der Waals surface area contributed by atoms with E-state index in [-0.39, 0.29) is 17.6 Å². The van der Waals surface area contributed by atoms with Gasteiger partial charge in [-0.3, -0.25) is 0 Å². The lowest BCUT2D eigenvalue weighted by Gasteiger charge is -2.41. The van der Waals surface area contributed by atoms with Gasteiger partial charge in [0.2, 0.25) is 0 Å². The van der Waals surface area contributed by atoms with Crippen LogP contribution in [0.5, 0.6) is 0 Å². The molecule has 1 saturated heterocycles. The first-order valence-electron chi connectivity index (χ1n) is 7.30. The molecule has 2 rings (SSSR count). The lowest BCUT2D eigenvalue weighted by molar-refractivity contribution is 0.0698. The van der Waals surface area contributed by atoms with Gasteiger partial charge in [-0.25, -0.2) is 9.59 Å². The van der Waals surface area contributed by atoms with Crippen LogP contribution in [0.25, 0.3) is 0 Å². The van der Waals surface area contributed by atoms with Crippen molar-refractivity contribution in [1.82, 2.24) is 4.90 Å². The fourth-order valence-corrected chi connectivity index (χ4v) is 2.95. The van der Waals surface area contributed by atoms with Crippen LogP contribution in [0.3, 0.4) is 0 Å². The Morgan fingerprint density at radius 3 is 2.57 bits per heavy atom. The molecule has 0 saturated carbocycles. The fourth-order valence-electron chi connectivity index (χ4n) is 2.95. The van der Waals surface area contributed by atoms with Crippen molar-refractivity contribution in [3.63, 3.8) is 0 Å². The molecule has 3 unspecified atom stereocenters. The zero-order valence-corrected chi connectivity index (χ0v) is 12.7. The second-order valence-electron chi connectivity index (χ2n) is 5.99. The molecule has 1 heterocycles. The molecule has 3 atom stereocenters. The quantitative estimate of drug-likeness (QED) is 0.878. The number of nitrogens with zero attached hydrogens (tertiary/aromatic N) is 1. The Balaban J connectivity index is 2.16. The van der Waals surface area contributed by atoms with Gasteiger partial charge in [-0.05, 0) is 37.3 Å². The number of carboxylic acid groups (broad SMARTS) is 1. The van der Waals surface area contributed by atoms with Crippen molar-refractivity contribution in [2.75, 3.05) is 11.9 Å². The van der Waals surface area contributed by atoms with Crippen molar-refractivity contribution in [3.05, 3.63) is 29.8 Å². The summed E-state index contributed by atoms with van der Waals surface area (Å²) < 4.78 is 0. The Hall–Kier alpha value is -2.04. The number of para-hydroxylation sites is 1. The third-order valence-electron chi connectivity index (χ3n) is 4.26.